The highest BCUT2D eigenvalue weighted by Crippen LogP contribution is 2.39. The van der Waals surface area contributed by atoms with Crippen LogP contribution in [0.4, 0.5) is 0 Å². The van der Waals surface area contributed by atoms with Gasteiger partial charge in [0.25, 0.3) is 0 Å². The molecule has 0 spiro atoms. The average Bonchev–Trinajstić information content (AvgIpc) is 0.762. The largest absolute Gasteiger partial charge is 0.394 e. The molecule has 3 amide bonds. The Morgan fingerprint density at radius 3 is 1.04 bits per heavy atom. The van der Waals surface area contributed by atoms with Crippen LogP contribution in [-0.2, 0) is 80.7 Å². The minimum Gasteiger partial charge on any atom is -0.394 e. The molecule has 7 rings (SSSR count). The molecule has 0 aromatic carbocycles. The minimum atomic E-state index is -2.30. The molecule has 0 saturated carbocycles. The van der Waals surface area contributed by atoms with Gasteiger partial charge in [0.05, 0.1) is 64.5 Å². The van der Waals surface area contributed by atoms with Gasteiger partial charge in [-0.25, -0.2) is 0 Å². The van der Waals surface area contributed by atoms with Crippen LogP contribution in [0.5, 0.6) is 0 Å². The number of hydrogen-bond donors (Lipinski definition) is 23. The zero-order chi connectivity index (χ0) is 94.9. The highest BCUT2D eigenvalue weighted by molar-refractivity contribution is 5.76. The second-order valence-corrected chi connectivity index (χ2v) is 35.9. The summed E-state index contributed by atoms with van der Waals surface area (Å²) in [5.74, 6) is -2.12. The Kier molecular flexibility index (Phi) is 53.3. The Labute approximate surface area is 763 Å². The van der Waals surface area contributed by atoms with Crippen molar-refractivity contribution in [1.29, 1.82) is 0 Å². The molecule has 0 bridgehead atoms. The number of amides is 3. The van der Waals surface area contributed by atoms with Gasteiger partial charge < -0.3 is 184 Å². The second kappa shape index (κ2) is 61.1. The van der Waals surface area contributed by atoms with E-state index in [1.54, 1.807) is 6.08 Å². The number of aliphatic hydroxyl groups is 20. The summed E-state index contributed by atoms with van der Waals surface area (Å²) in [6.07, 6.45) is -18.4. The van der Waals surface area contributed by atoms with Crippen LogP contribution in [0, 0.1) is 0 Å². The van der Waals surface area contributed by atoms with Crippen molar-refractivity contribution >= 4 is 17.7 Å². The lowest BCUT2D eigenvalue weighted by molar-refractivity contribution is -0.392. The van der Waals surface area contributed by atoms with Crippen molar-refractivity contribution in [2.45, 2.75) is 480 Å². The predicted octanol–water partition coefficient (Wildman–Crippen LogP) is -0.675. The zero-order valence-corrected chi connectivity index (χ0v) is 76.5. The average molecular weight is 1880 g/mol. The minimum absolute atomic E-state index is 0.164. The third-order valence-electron chi connectivity index (χ3n) is 25.5. The molecule has 40 nitrogen and oxygen atoms in total. The lowest BCUT2D eigenvalue weighted by Gasteiger charge is -2.51. The van der Waals surface area contributed by atoms with Crippen LogP contribution in [0.3, 0.4) is 0 Å². The molecule has 0 aliphatic carbocycles. The summed E-state index contributed by atoms with van der Waals surface area (Å²) in [6.45, 7) is 1.09. The maximum absolute atomic E-state index is 13.6. The van der Waals surface area contributed by atoms with Gasteiger partial charge in [-0.1, -0.05) is 205 Å². The van der Waals surface area contributed by atoms with E-state index >= 15 is 0 Å². The van der Waals surface area contributed by atoms with Gasteiger partial charge in [0.1, 0.15) is 165 Å². The molecular weight excluding hydrogens is 1710 g/mol. The normalized spacial score (nSPS) is 37.3. The van der Waals surface area contributed by atoms with Crippen molar-refractivity contribution < 1.29 is 183 Å². The van der Waals surface area contributed by atoms with Crippen LogP contribution in [0.1, 0.15) is 253 Å². The quantitative estimate of drug-likeness (QED) is 0.0265. The van der Waals surface area contributed by atoms with Crippen LogP contribution in [0.15, 0.2) is 24.3 Å². The van der Waals surface area contributed by atoms with Crippen molar-refractivity contribution in [3.63, 3.8) is 0 Å². The van der Waals surface area contributed by atoms with Crippen LogP contribution >= 0.6 is 0 Å². The molecule has 7 aliphatic heterocycles. The molecule has 0 radical (unpaired) electrons. The summed E-state index contributed by atoms with van der Waals surface area (Å²) in [7, 11) is 0. The summed E-state index contributed by atoms with van der Waals surface area (Å²) < 4.78 is 83.3. The predicted molar refractivity (Wildman–Crippen MR) is 462 cm³/mol. The Morgan fingerprint density at radius 2 is 0.631 bits per heavy atom. The van der Waals surface area contributed by atoms with Gasteiger partial charge in [-0.05, 0) is 51.9 Å². The zero-order valence-electron chi connectivity index (χ0n) is 76.5. The molecular formula is C90H161N3O37. The monoisotopic (exact) mass is 1880 g/mol. The molecule has 7 aliphatic rings. The fraction of sp³-hybridized carbons (Fsp3) is 0.922. The topological polar surface area (TPSA) is 621 Å². The van der Waals surface area contributed by atoms with Crippen LogP contribution in [-0.4, -0.2) is 393 Å². The van der Waals surface area contributed by atoms with E-state index in [0.717, 1.165) is 65.2 Å². The van der Waals surface area contributed by atoms with Gasteiger partial charge in [-0.15, -0.1) is 0 Å². The Hall–Kier alpha value is -3.47. The first-order valence-corrected chi connectivity index (χ1v) is 48.0. The number of carbonyl (C=O) groups excluding carboxylic acids is 3. The third-order valence-corrected chi connectivity index (χ3v) is 25.5. The first kappa shape index (κ1) is 114. The van der Waals surface area contributed by atoms with Gasteiger partial charge in [-0.2, -0.15) is 0 Å². The van der Waals surface area contributed by atoms with Gasteiger partial charge in [0, 0.05) is 20.3 Å². The molecule has 7 fully saturated rings. The first-order valence-electron chi connectivity index (χ1n) is 48.0. The van der Waals surface area contributed by atoms with Crippen molar-refractivity contribution in [3.05, 3.63) is 24.3 Å². The molecule has 7 heterocycles. The molecule has 23 N–H and O–H groups in total. The smallest absolute Gasteiger partial charge is 0.220 e. The molecule has 0 aromatic heterocycles. The van der Waals surface area contributed by atoms with E-state index in [-0.39, 0.29) is 12.3 Å². The molecule has 37 atom stereocenters. The van der Waals surface area contributed by atoms with Crippen molar-refractivity contribution in [3.8, 4) is 0 Å². The second-order valence-electron chi connectivity index (χ2n) is 35.9. The first-order chi connectivity index (χ1) is 62.5. The Bertz CT molecular complexity index is 3110. The number of nitrogens with one attached hydrogen (secondary N) is 3. The lowest BCUT2D eigenvalue weighted by atomic mass is 9.93. The van der Waals surface area contributed by atoms with Crippen LogP contribution in [0.2, 0.25) is 0 Å². The fourth-order valence-electron chi connectivity index (χ4n) is 17.6. The maximum Gasteiger partial charge on any atom is 0.220 e. The maximum atomic E-state index is 13.6. The van der Waals surface area contributed by atoms with Crippen LogP contribution in [0.25, 0.3) is 0 Å². The molecule has 758 valence electrons. The number of carbonyl (C=O) groups is 3. The van der Waals surface area contributed by atoms with E-state index in [2.05, 4.69) is 41.9 Å². The number of rotatable bonds is 61. The Balaban J connectivity index is 0.956. The van der Waals surface area contributed by atoms with Gasteiger partial charge in [-0.3, -0.25) is 14.4 Å². The highest BCUT2D eigenvalue weighted by Gasteiger charge is 2.60. The summed E-state index contributed by atoms with van der Waals surface area (Å²) in [4.78, 5) is 39.6. The summed E-state index contributed by atoms with van der Waals surface area (Å²) >= 11 is 0. The number of ether oxygens (including phenoxy) is 14. The molecule has 0 aromatic rings. The number of hydrogen-bond acceptors (Lipinski definition) is 37. The summed E-state index contributed by atoms with van der Waals surface area (Å²) in [6, 6.07) is -4.81. The molecule has 130 heavy (non-hydrogen) atoms. The van der Waals surface area contributed by atoms with E-state index in [1.165, 1.54) is 155 Å². The Morgan fingerprint density at radius 1 is 0.315 bits per heavy atom. The number of aliphatic hydroxyl groups excluding tert-OH is 20. The van der Waals surface area contributed by atoms with Gasteiger partial charge in [0.15, 0.2) is 44.0 Å². The number of allylic oxidation sites excluding steroid dienone is 3. The van der Waals surface area contributed by atoms with Gasteiger partial charge in [0.2, 0.25) is 17.7 Å². The summed E-state index contributed by atoms with van der Waals surface area (Å²) in [5.41, 5.74) is 0. The van der Waals surface area contributed by atoms with Crippen LogP contribution < -0.4 is 16.0 Å². The third kappa shape index (κ3) is 34.8. The number of unbranched alkanes of at least 4 members (excludes halogenated alkanes) is 30. The van der Waals surface area contributed by atoms with Gasteiger partial charge >= 0.3 is 0 Å². The van der Waals surface area contributed by atoms with Crippen molar-refractivity contribution in [2.24, 2.45) is 0 Å². The lowest BCUT2D eigenvalue weighted by Crippen LogP contribution is -2.71. The molecule has 7 saturated heterocycles. The standard InChI is InChI=1S/C90H161N3O37/c1-6-8-10-12-14-16-18-20-21-22-23-24-25-26-27-28-29-31-33-35-37-39-41-43-62(103)93-54(55(102)42-40-38-36-34-32-30-19-17-15-13-11-9-7-2)50-117-86-75(114)73(112)80(61(49-99)124-86)126-89-77(116)82(68(107)58(46-96)120-89)129-84-63(91-52(4)100)69(108)78(59(47-97)122-84)125-88-76(115)81(67(106)57(45-95)119-88)128-85-64(92-53(5)101)70(109)79(60(48-98)123-85)127-90-83(72(111)66(105)56(44-94)121-90)130-87-74(113)71(110)65(104)51(3)118-87/h20-21,40,42,51,54-61,63-90,94-99,102,104-116H,6-19,22-39,41,43-50H2,1-5H3,(H,91,100)(H,92,101)(H,93,103)/b21-20-,42-40+/t51?,54-,55+,56?,57?,58?,59?,60?,61?,63?,64?,65+,66-,67-,68-,69+,70+,71?,72-,73+,74-,75?,76?,77?,78+,79+,80+,81-,82-,83?,84-,85-,86+,87+,88-,89-,90-/m0/s1. The van der Waals surface area contributed by atoms with Crippen molar-refractivity contribution in [1.82, 2.24) is 16.0 Å². The molecule has 40 heteroatoms. The fourth-order valence-corrected chi connectivity index (χ4v) is 17.6. The van der Waals surface area contributed by atoms with E-state index in [4.69, 9.17) is 66.3 Å². The molecule has 14 unspecified atom stereocenters. The summed E-state index contributed by atoms with van der Waals surface area (Å²) in [5, 5.41) is 233. The van der Waals surface area contributed by atoms with E-state index in [0.29, 0.717) is 12.8 Å². The van der Waals surface area contributed by atoms with Crippen molar-refractivity contribution in [2.75, 3.05) is 46.2 Å². The SMILES string of the molecule is CCCCCCCC/C=C\CCCCCCCCCCCCCCCC(=O)N[C@@H](CO[C@@H]1OC(CO)[C@@H](O[C@@H]2OC(CO)[C@H](O)[C@H](O[C@@H]3OC(CO)[C@@H](O[C@@H]4OC(CO)[C@H](O)[C@H](O[C@@H]5OC(CO)[C@@H](O[C@@H]6OC(CO)[C@H](O)[C@H](O)C6O[C@H]6OC(C)[C@@H](O)C(O)[C@@H]6O)[C@H](O)C5NC(C)=O)C4O)[C@H](O)C3NC(C)=O)C2O)[C@H](O)C1O)[C@H](O)/C=C/CCCCCCCCCCCCC. The van der Waals surface area contributed by atoms with E-state index in [1.807, 2.05) is 6.08 Å². The highest BCUT2D eigenvalue weighted by atomic mass is 16.8. The van der Waals surface area contributed by atoms with E-state index < -0.39 is 285 Å². The van der Waals surface area contributed by atoms with E-state index in [9.17, 15) is 117 Å².